The zero-order valence-corrected chi connectivity index (χ0v) is 11.8. The maximum Gasteiger partial charge on any atom is 0.125 e. The fourth-order valence-corrected chi connectivity index (χ4v) is 3.73. The molecule has 1 saturated heterocycles. The number of benzene rings is 1. The predicted molar refractivity (Wildman–Crippen MR) is 73.1 cm³/mol. The summed E-state index contributed by atoms with van der Waals surface area (Å²) >= 11 is 11.3. The molecule has 0 radical (unpaired) electrons. The SMILES string of the molecule is Fc1cc(Cl)c(NC2CCCSC2)c(Br)c1. The zero-order chi connectivity index (χ0) is 11.5. The molecule has 5 heteroatoms. The van der Waals surface area contributed by atoms with Gasteiger partial charge in [-0.15, -0.1) is 0 Å². The molecule has 1 unspecified atom stereocenters. The Hall–Kier alpha value is 0.0700. The first-order valence-electron chi connectivity index (χ1n) is 5.15. The van der Waals surface area contributed by atoms with Crippen LogP contribution in [0, 0.1) is 5.82 Å². The number of anilines is 1. The molecule has 0 saturated carbocycles. The molecule has 0 bridgehead atoms. The van der Waals surface area contributed by atoms with Crippen LogP contribution in [0.5, 0.6) is 0 Å². The molecular weight excluding hydrogens is 313 g/mol. The van der Waals surface area contributed by atoms with Crippen molar-refractivity contribution in [3.8, 4) is 0 Å². The van der Waals surface area contributed by atoms with Crippen molar-refractivity contribution >= 4 is 45.0 Å². The molecule has 0 amide bonds. The van der Waals surface area contributed by atoms with Gasteiger partial charge in [0, 0.05) is 16.3 Å². The minimum atomic E-state index is -0.319. The van der Waals surface area contributed by atoms with Gasteiger partial charge in [-0.3, -0.25) is 0 Å². The quantitative estimate of drug-likeness (QED) is 0.856. The molecule has 0 aliphatic carbocycles. The van der Waals surface area contributed by atoms with E-state index in [1.54, 1.807) is 0 Å². The topological polar surface area (TPSA) is 12.0 Å². The van der Waals surface area contributed by atoms with Crippen molar-refractivity contribution in [1.29, 1.82) is 0 Å². The van der Waals surface area contributed by atoms with Crippen LogP contribution in [0.15, 0.2) is 16.6 Å². The third kappa shape index (κ3) is 3.05. The lowest BCUT2D eigenvalue weighted by atomic mass is 10.1. The molecule has 1 fully saturated rings. The van der Waals surface area contributed by atoms with Gasteiger partial charge in [-0.05, 0) is 46.7 Å². The van der Waals surface area contributed by atoms with E-state index < -0.39 is 0 Å². The van der Waals surface area contributed by atoms with Crippen molar-refractivity contribution in [1.82, 2.24) is 0 Å². The highest BCUT2D eigenvalue weighted by Crippen LogP contribution is 2.33. The summed E-state index contributed by atoms with van der Waals surface area (Å²) in [6, 6.07) is 3.20. The Morgan fingerprint density at radius 2 is 2.31 bits per heavy atom. The van der Waals surface area contributed by atoms with Crippen molar-refractivity contribution < 1.29 is 4.39 Å². The molecule has 1 aliphatic rings. The third-order valence-electron chi connectivity index (χ3n) is 2.52. The highest BCUT2D eigenvalue weighted by molar-refractivity contribution is 9.10. The molecule has 0 aromatic heterocycles. The molecule has 16 heavy (non-hydrogen) atoms. The van der Waals surface area contributed by atoms with Gasteiger partial charge in [-0.1, -0.05) is 11.6 Å². The van der Waals surface area contributed by atoms with Crippen LogP contribution in [0.4, 0.5) is 10.1 Å². The molecule has 1 aliphatic heterocycles. The fourth-order valence-electron chi connectivity index (χ4n) is 1.74. The lowest BCUT2D eigenvalue weighted by Crippen LogP contribution is -2.26. The largest absolute Gasteiger partial charge is 0.379 e. The van der Waals surface area contributed by atoms with Gasteiger partial charge in [-0.25, -0.2) is 4.39 Å². The second kappa shape index (κ2) is 5.61. The molecule has 0 spiro atoms. The number of hydrogen-bond donors (Lipinski definition) is 1. The Morgan fingerprint density at radius 1 is 1.50 bits per heavy atom. The normalized spacial score (nSPS) is 20.8. The average molecular weight is 325 g/mol. The van der Waals surface area contributed by atoms with Crippen LogP contribution in [-0.4, -0.2) is 17.5 Å². The Kier molecular flexibility index (Phi) is 4.39. The first-order valence-corrected chi connectivity index (χ1v) is 7.48. The van der Waals surface area contributed by atoms with Crippen molar-refractivity contribution in [2.45, 2.75) is 18.9 Å². The van der Waals surface area contributed by atoms with Crippen LogP contribution in [-0.2, 0) is 0 Å². The second-order valence-corrected chi connectivity index (χ2v) is 6.21. The van der Waals surface area contributed by atoms with E-state index >= 15 is 0 Å². The fraction of sp³-hybridized carbons (Fsp3) is 0.455. The lowest BCUT2D eigenvalue weighted by molar-refractivity contribution is 0.626. The van der Waals surface area contributed by atoms with Crippen molar-refractivity contribution in [3.05, 3.63) is 27.4 Å². The van der Waals surface area contributed by atoms with Gasteiger partial charge in [0.2, 0.25) is 0 Å². The summed E-state index contributed by atoms with van der Waals surface area (Å²) in [5, 5.41) is 3.81. The van der Waals surface area contributed by atoms with Crippen molar-refractivity contribution in [3.63, 3.8) is 0 Å². The number of nitrogens with one attached hydrogen (secondary N) is 1. The monoisotopic (exact) mass is 323 g/mol. The molecule has 2 rings (SSSR count). The van der Waals surface area contributed by atoms with Gasteiger partial charge in [0.05, 0.1) is 10.7 Å². The summed E-state index contributed by atoms with van der Waals surface area (Å²) in [6.45, 7) is 0. The number of halogens is 3. The van der Waals surface area contributed by atoms with Crippen molar-refractivity contribution in [2.75, 3.05) is 16.8 Å². The summed E-state index contributed by atoms with van der Waals surface area (Å²) in [7, 11) is 0. The van der Waals surface area contributed by atoms with Crippen LogP contribution < -0.4 is 5.32 Å². The average Bonchev–Trinajstić information content (AvgIpc) is 2.25. The molecule has 1 heterocycles. The van der Waals surface area contributed by atoms with Gasteiger partial charge in [-0.2, -0.15) is 11.8 Å². The van der Waals surface area contributed by atoms with Gasteiger partial charge >= 0.3 is 0 Å². The Bertz CT molecular complexity index is 359. The first kappa shape index (κ1) is 12.5. The molecule has 1 N–H and O–H groups in total. The van der Waals surface area contributed by atoms with E-state index in [2.05, 4.69) is 21.2 Å². The van der Waals surface area contributed by atoms with E-state index in [9.17, 15) is 4.39 Å². The molecule has 1 nitrogen and oxygen atoms in total. The minimum Gasteiger partial charge on any atom is -0.379 e. The summed E-state index contributed by atoms with van der Waals surface area (Å²) in [6.07, 6.45) is 2.37. The number of rotatable bonds is 2. The lowest BCUT2D eigenvalue weighted by Gasteiger charge is -2.24. The van der Waals surface area contributed by atoms with Gasteiger partial charge in [0.15, 0.2) is 0 Å². The molecule has 1 aromatic rings. The first-order chi connectivity index (χ1) is 7.66. The summed E-state index contributed by atoms with van der Waals surface area (Å²) in [5.74, 6) is 2.00. The molecule has 1 aromatic carbocycles. The smallest absolute Gasteiger partial charge is 0.125 e. The van der Waals surface area contributed by atoms with Crippen LogP contribution in [0.2, 0.25) is 5.02 Å². The number of hydrogen-bond acceptors (Lipinski definition) is 2. The van der Waals surface area contributed by atoms with Crippen LogP contribution in [0.3, 0.4) is 0 Å². The Labute approximate surface area is 112 Å². The maximum absolute atomic E-state index is 13.0. The Balaban J connectivity index is 2.14. The standard InChI is InChI=1S/C11H12BrClFNS/c12-9-4-7(14)5-10(13)11(9)15-8-2-1-3-16-6-8/h4-5,8,15H,1-3,6H2. The van der Waals surface area contributed by atoms with E-state index in [1.165, 1.54) is 24.3 Å². The Morgan fingerprint density at radius 3 is 2.94 bits per heavy atom. The number of thioether (sulfide) groups is 1. The van der Waals surface area contributed by atoms with Crippen LogP contribution >= 0.6 is 39.3 Å². The van der Waals surface area contributed by atoms with Crippen LogP contribution in [0.25, 0.3) is 0 Å². The second-order valence-electron chi connectivity index (χ2n) is 3.80. The maximum atomic E-state index is 13.0. The predicted octanol–water partition coefficient (Wildman–Crippen LogP) is 4.55. The van der Waals surface area contributed by atoms with E-state index in [0.717, 1.165) is 17.9 Å². The molecular formula is C11H12BrClFNS. The molecule has 1 atom stereocenters. The van der Waals surface area contributed by atoms with E-state index in [4.69, 9.17) is 11.6 Å². The zero-order valence-electron chi connectivity index (χ0n) is 8.60. The van der Waals surface area contributed by atoms with Gasteiger partial charge in [0.1, 0.15) is 5.82 Å². The van der Waals surface area contributed by atoms with E-state index in [0.29, 0.717) is 15.5 Å². The van der Waals surface area contributed by atoms with Gasteiger partial charge < -0.3 is 5.32 Å². The minimum absolute atomic E-state index is 0.319. The molecule has 88 valence electrons. The van der Waals surface area contributed by atoms with E-state index in [-0.39, 0.29) is 5.82 Å². The summed E-state index contributed by atoms with van der Waals surface area (Å²) < 4.78 is 13.7. The third-order valence-corrected chi connectivity index (χ3v) is 4.65. The van der Waals surface area contributed by atoms with E-state index in [1.807, 2.05) is 11.8 Å². The summed E-state index contributed by atoms with van der Waals surface area (Å²) in [4.78, 5) is 0. The van der Waals surface area contributed by atoms with Crippen molar-refractivity contribution in [2.24, 2.45) is 0 Å². The van der Waals surface area contributed by atoms with Gasteiger partial charge in [0.25, 0.3) is 0 Å². The highest BCUT2D eigenvalue weighted by Gasteiger charge is 2.16. The highest BCUT2D eigenvalue weighted by atomic mass is 79.9. The van der Waals surface area contributed by atoms with Crippen LogP contribution in [0.1, 0.15) is 12.8 Å². The summed E-state index contributed by atoms with van der Waals surface area (Å²) in [5.41, 5.74) is 0.801.